The van der Waals surface area contributed by atoms with E-state index in [4.69, 9.17) is 11.6 Å². The van der Waals surface area contributed by atoms with Gasteiger partial charge in [-0.15, -0.1) is 11.3 Å². The van der Waals surface area contributed by atoms with Crippen LogP contribution in [0.15, 0.2) is 35.8 Å². The van der Waals surface area contributed by atoms with E-state index in [2.05, 4.69) is 10.3 Å². The summed E-state index contributed by atoms with van der Waals surface area (Å²) in [5, 5.41) is 5.91. The molecule has 0 aliphatic heterocycles. The normalized spacial score (nSPS) is 10.2. The molecule has 2 rings (SSSR count). The van der Waals surface area contributed by atoms with Crippen molar-refractivity contribution >= 4 is 34.0 Å². The van der Waals surface area contributed by atoms with Crippen molar-refractivity contribution in [2.75, 3.05) is 5.32 Å². The number of carbonyl (C=O) groups excluding carboxylic acids is 1. The van der Waals surface area contributed by atoms with Crippen molar-refractivity contribution in [3.63, 3.8) is 0 Å². The van der Waals surface area contributed by atoms with Crippen LogP contribution in [0.5, 0.6) is 0 Å². The lowest BCUT2D eigenvalue weighted by Crippen LogP contribution is -2.11. The van der Waals surface area contributed by atoms with Crippen molar-refractivity contribution in [2.24, 2.45) is 0 Å². The van der Waals surface area contributed by atoms with Crippen LogP contribution in [-0.2, 0) is 11.2 Å². The molecule has 1 N–H and O–H groups in total. The number of halogens is 1. The minimum Gasteiger partial charge on any atom is -0.302 e. The lowest BCUT2D eigenvalue weighted by atomic mass is 10.1. The summed E-state index contributed by atoms with van der Waals surface area (Å²) in [4.78, 5) is 15.6. The number of rotatable bonds is 4. The first-order chi connectivity index (χ1) is 8.24. The molecule has 17 heavy (non-hydrogen) atoms. The molecule has 0 atom stereocenters. The second kappa shape index (κ2) is 5.80. The van der Waals surface area contributed by atoms with Gasteiger partial charge in [0.05, 0.1) is 0 Å². The molecular formula is C12H11ClN2OS. The zero-order chi connectivity index (χ0) is 12.1. The number of anilines is 1. The number of hydrogen-bond acceptors (Lipinski definition) is 3. The van der Waals surface area contributed by atoms with E-state index in [1.807, 2.05) is 29.6 Å². The van der Waals surface area contributed by atoms with Gasteiger partial charge in [-0.3, -0.25) is 4.79 Å². The minimum atomic E-state index is -0.0278. The summed E-state index contributed by atoms with van der Waals surface area (Å²) < 4.78 is 0. The highest BCUT2D eigenvalue weighted by atomic mass is 35.5. The first kappa shape index (κ1) is 12.1. The zero-order valence-electron chi connectivity index (χ0n) is 9.02. The Morgan fingerprint density at radius 2 is 2.35 bits per heavy atom. The predicted molar refractivity (Wildman–Crippen MR) is 70.5 cm³/mol. The van der Waals surface area contributed by atoms with Crippen LogP contribution in [-0.4, -0.2) is 10.9 Å². The van der Waals surface area contributed by atoms with E-state index in [1.165, 1.54) is 11.3 Å². The topological polar surface area (TPSA) is 42.0 Å². The molecule has 0 aliphatic rings. The Morgan fingerprint density at radius 3 is 3.06 bits per heavy atom. The van der Waals surface area contributed by atoms with Crippen molar-refractivity contribution in [3.8, 4) is 0 Å². The Hall–Kier alpha value is -1.39. The Bertz CT molecular complexity index is 499. The van der Waals surface area contributed by atoms with Gasteiger partial charge in [0, 0.05) is 23.0 Å². The van der Waals surface area contributed by atoms with Crippen molar-refractivity contribution in [1.82, 2.24) is 4.98 Å². The average molecular weight is 267 g/mol. The summed E-state index contributed by atoms with van der Waals surface area (Å²) in [6.45, 7) is 0. The van der Waals surface area contributed by atoms with Gasteiger partial charge in [0.2, 0.25) is 5.91 Å². The summed E-state index contributed by atoms with van der Waals surface area (Å²) in [6, 6.07) is 7.54. The van der Waals surface area contributed by atoms with Gasteiger partial charge in [-0.2, -0.15) is 0 Å². The summed E-state index contributed by atoms with van der Waals surface area (Å²) in [5.74, 6) is -0.0278. The molecule has 0 radical (unpaired) electrons. The van der Waals surface area contributed by atoms with Gasteiger partial charge in [0.15, 0.2) is 5.13 Å². The Balaban J connectivity index is 1.84. The second-order valence-electron chi connectivity index (χ2n) is 3.52. The molecule has 0 aliphatic carbocycles. The van der Waals surface area contributed by atoms with Gasteiger partial charge in [-0.25, -0.2) is 4.98 Å². The number of hydrogen-bond donors (Lipinski definition) is 1. The van der Waals surface area contributed by atoms with Gasteiger partial charge in [-0.1, -0.05) is 23.7 Å². The van der Waals surface area contributed by atoms with E-state index >= 15 is 0 Å². The molecule has 88 valence electrons. The molecule has 1 amide bonds. The van der Waals surface area contributed by atoms with Gasteiger partial charge in [0.25, 0.3) is 0 Å². The van der Waals surface area contributed by atoms with Gasteiger partial charge >= 0.3 is 0 Å². The number of aryl methyl sites for hydroxylation is 1. The molecule has 5 heteroatoms. The first-order valence-corrected chi connectivity index (χ1v) is 6.43. The van der Waals surface area contributed by atoms with Crippen LogP contribution >= 0.6 is 22.9 Å². The number of benzene rings is 1. The van der Waals surface area contributed by atoms with Crippen molar-refractivity contribution in [1.29, 1.82) is 0 Å². The fourth-order valence-corrected chi connectivity index (χ4v) is 2.18. The lowest BCUT2D eigenvalue weighted by molar-refractivity contribution is -0.116. The third kappa shape index (κ3) is 3.84. The van der Waals surface area contributed by atoms with E-state index in [0.717, 1.165) is 5.56 Å². The van der Waals surface area contributed by atoms with Crippen LogP contribution in [0.1, 0.15) is 12.0 Å². The van der Waals surface area contributed by atoms with Crippen molar-refractivity contribution < 1.29 is 4.79 Å². The highest BCUT2D eigenvalue weighted by Crippen LogP contribution is 2.14. The summed E-state index contributed by atoms with van der Waals surface area (Å²) >= 11 is 7.28. The maximum absolute atomic E-state index is 11.6. The van der Waals surface area contributed by atoms with Crippen molar-refractivity contribution in [2.45, 2.75) is 12.8 Å². The van der Waals surface area contributed by atoms with Crippen LogP contribution in [0.2, 0.25) is 5.02 Å². The predicted octanol–water partition coefficient (Wildman–Crippen LogP) is 3.37. The van der Waals surface area contributed by atoms with Crippen LogP contribution in [0, 0.1) is 0 Å². The van der Waals surface area contributed by atoms with Gasteiger partial charge in [-0.05, 0) is 24.1 Å². The summed E-state index contributed by atoms with van der Waals surface area (Å²) in [7, 11) is 0. The summed E-state index contributed by atoms with van der Waals surface area (Å²) in [5.41, 5.74) is 1.06. The average Bonchev–Trinajstić information content (AvgIpc) is 2.79. The van der Waals surface area contributed by atoms with Crippen LogP contribution in [0.3, 0.4) is 0 Å². The van der Waals surface area contributed by atoms with E-state index in [-0.39, 0.29) is 5.91 Å². The molecule has 1 aromatic carbocycles. The SMILES string of the molecule is O=C(CCc1cccc(Cl)c1)Nc1nccs1. The molecule has 0 spiro atoms. The van der Waals surface area contributed by atoms with E-state index in [9.17, 15) is 4.79 Å². The van der Waals surface area contributed by atoms with Crippen LogP contribution in [0.4, 0.5) is 5.13 Å². The van der Waals surface area contributed by atoms with E-state index in [0.29, 0.717) is 23.0 Å². The molecule has 3 nitrogen and oxygen atoms in total. The number of carbonyl (C=O) groups is 1. The Kier molecular flexibility index (Phi) is 4.12. The Labute approximate surface area is 108 Å². The van der Waals surface area contributed by atoms with Gasteiger partial charge < -0.3 is 5.32 Å². The van der Waals surface area contributed by atoms with Gasteiger partial charge in [0.1, 0.15) is 0 Å². The van der Waals surface area contributed by atoms with Crippen LogP contribution < -0.4 is 5.32 Å². The molecular weight excluding hydrogens is 256 g/mol. The van der Waals surface area contributed by atoms with E-state index < -0.39 is 0 Å². The first-order valence-electron chi connectivity index (χ1n) is 5.18. The minimum absolute atomic E-state index is 0.0278. The zero-order valence-corrected chi connectivity index (χ0v) is 10.6. The van der Waals surface area contributed by atoms with Crippen LogP contribution in [0.25, 0.3) is 0 Å². The smallest absolute Gasteiger partial charge is 0.226 e. The van der Waals surface area contributed by atoms with Crippen molar-refractivity contribution in [3.05, 3.63) is 46.4 Å². The Morgan fingerprint density at radius 1 is 1.47 bits per heavy atom. The molecule has 0 saturated carbocycles. The number of thiazole rings is 1. The molecule has 0 unspecified atom stereocenters. The second-order valence-corrected chi connectivity index (χ2v) is 4.85. The quantitative estimate of drug-likeness (QED) is 0.922. The largest absolute Gasteiger partial charge is 0.302 e. The maximum atomic E-state index is 11.6. The van der Waals surface area contributed by atoms with E-state index in [1.54, 1.807) is 6.20 Å². The fraction of sp³-hybridized carbons (Fsp3) is 0.167. The maximum Gasteiger partial charge on any atom is 0.226 e. The molecule has 1 heterocycles. The third-order valence-corrected chi connectivity index (χ3v) is 3.13. The highest BCUT2D eigenvalue weighted by molar-refractivity contribution is 7.13. The monoisotopic (exact) mass is 266 g/mol. The molecule has 0 fully saturated rings. The third-order valence-electron chi connectivity index (χ3n) is 2.21. The fourth-order valence-electron chi connectivity index (χ4n) is 1.42. The standard InChI is InChI=1S/C12H11ClN2OS/c13-10-3-1-2-9(8-10)4-5-11(16)15-12-14-6-7-17-12/h1-3,6-8H,4-5H2,(H,14,15,16). The number of nitrogens with one attached hydrogen (secondary N) is 1. The summed E-state index contributed by atoms with van der Waals surface area (Å²) in [6.07, 6.45) is 2.77. The molecule has 2 aromatic rings. The number of amides is 1. The molecule has 0 saturated heterocycles. The number of aromatic nitrogens is 1. The molecule has 1 aromatic heterocycles. The highest BCUT2D eigenvalue weighted by Gasteiger charge is 2.04. The lowest BCUT2D eigenvalue weighted by Gasteiger charge is -2.02. The molecule has 0 bridgehead atoms. The number of nitrogens with zero attached hydrogens (tertiary/aromatic N) is 1.